The highest BCUT2D eigenvalue weighted by Gasteiger charge is 2.21. The van der Waals surface area contributed by atoms with E-state index >= 15 is 0 Å². The van der Waals surface area contributed by atoms with Gasteiger partial charge in [-0.1, -0.05) is 85.3 Å². The van der Waals surface area contributed by atoms with Gasteiger partial charge in [-0.05, 0) is 84.3 Å². The second-order valence-electron chi connectivity index (χ2n) is 11.1. The summed E-state index contributed by atoms with van der Waals surface area (Å²) in [5.41, 5.74) is 3.18. The summed E-state index contributed by atoms with van der Waals surface area (Å²) in [6.45, 7) is 2.35. The van der Waals surface area contributed by atoms with Crippen LogP contribution < -0.4 is 25.4 Å². The van der Waals surface area contributed by atoms with E-state index in [9.17, 15) is 14.4 Å². The minimum absolute atomic E-state index is 0.0520. The molecule has 1 atom stereocenters. The molecule has 10 heteroatoms. The lowest BCUT2D eigenvalue weighted by atomic mass is 10.1. The maximum absolute atomic E-state index is 13.7. The van der Waals surface area contributed by atoms with Crippen molar-refractivity contribution in [3.63, 3.8) is 0 Å². The minimum Gasteiger partial charge on any atom is -0.495 e. The number of hydrogen-bond donors (Lipinski definition) is 3. The average Bonchev–Trinajstić information content (AvgIpc) is 3.14. The van der Waals surface area contributed by atoms with Crippen molar-refractivity contribution >= 4 is 58.5 Å². The molecule has 1 unspecified atom stereocenters. The van der Waals surface area contributed by atoms with E-state index in [-0.39, 0.29) is 11.6 Å². The number of carbonyl (C=O) groups is 3. The average molecular weight is 706 g/mol. The second kappa shape index (κ2) is 17.8. The van der Waals surface area contributed by atoms with E-state index in [1.807, 2.05) is 73.7 Å². The molecule has 0 aliphatic carbocycles. The zero-order valence-electron chi connectivity index (χ0n) is 27.5. The smallest absolute Gasteiger partial charge is 0.272 e. The minimum atomic E-state index is -0.515. The van der Waals surface area contributed by atoms with Gasteiger partial charge in [0.15, 0.2) is 0 Å². The standard InChI is InChI=1S/C40H36ClN3O5S/c1-3-37(40(47)43-34-24-30(41)19-22-36(34)48-2)50-33-16-10-15-31(25-33)42-39(46)35(44-38(45)29-13-8-5-9-14-29)23-27-17-20-32(21-18-27)49-26-28-11-6-4-7-12-28/h4-25,37H,3,26H2,1-2H3,(H,42,46)(H,43,47)(H,44,45)/b35-23+. The van der Waals surface area contributed by atoms with E-state index < -0.39 is 17.1 Å². The summed E-state index contributed by atoms with van der Waals surface area (Å²) in [6, 6.07) is 38.0. The molecule has 3 N–H and O–H groups in total. The fraction of sp³-hybridized carbons (Fsp3) is 0.125. The third-order valence-electron chi connectivity index (χ3n) is 7.42. The van der Waals surface area contributed by atoms with Gasteiger partial charge in [-0.3, -0.25) is 14.4 Å². The van der Waals surface area contributed by atoms with Gasteiger partial charge in [0.2, 0.25) is 5.91 Å². The molecule has 0 saturated heterocycles. The van der Waals surface area contributed by atoms with Crippen molar-refractivity contribution in [2.45, 2.75) is 30.1 Å². The number of carbonyl (C=O) groups excluding carboxylic acids is 3. The lowest BCUT2D eigenvalue weighted by molar-refractivity contribution is -0.116. The molecule has 0 spiro atoms. The van der Waals surface area contributed by atoms with Gasteiger partial charge in [-0.25, -0.2) is 0 Å². The van der Waals surface area contributed by atoms with Gasteiger partial charge in [0.05, 0.1) is 18.0 Å². The molecule has 3 amide bonds. The molecule has 5 rings (SSSR count). The Balaban J connectivity index is 1.30. The SMILES string of the molecule is CCC(Sc1cccc(NC(=O)/C(=C\c2ccc(OCc3ccccc3)cc2)NC(=O)c2ccccc2)c1)C(=O)Nc1cc(Cl)ccc1OC. The summed E-state index contributed by atoms with van der Waals surface area (Å²) >= 11 is 7.51. The molecule has 0 aliphatic rings. The molecule has 5 aromatic rings. The number of ether oxygens (including phenoxy) is 2. The molecule has 0 aliphatic heterocycles. The number of halogens is 1. The van der Waals surface area contributed by atoms with Crippen molar-refractivity contribution in [3.05, 3.63) is 155 Å². The normalized spacial score (nSPS) is 11.6. The highest BCUT2D eigenvalue weighted by molar-refractivity contribution is 8.00. The van der Waals surface area contributed by atoms with Gasteiger partial charge < -0.3 is 25.4 Å². The van der Waals surface area contributed by atoms with Crippen LogP contribution in [-0.2, 0) is 16.2 Å². The third kappa shape index (κ3) is 10.2. The first-order valence-corrected chi connectivity index (χ1v) is 17.1. The zero-order valence-corrected chi connectivity index (χ0v) is 29.1. The number of nitrogens with one attached hydrogen (secondary N) is 3. The number of amides is 3. The molecular formula is C40H36ClN3O5S. The Morgan fingerprint density at radius 1 is 0.820 bits per heavy atom. The van der Waals surface area contributed by atoms with Crippen LogP contribution in [0, 0.1) is 0 Å². The van der Waals surface area contributed by atoms with Crippen LogP contribution in [0.4, 0.5) is 11.4 Å². The lowest BCUT2D eigenvalue weighted by Crippen LogP contribution is -2.30. The summed E-state index contributed by atoms with van der Waals surface area (Å²) in [5.74, 6) is 0.0250. The van der Waals surface area contributed by atoms with Gasteiger partial charge in [0.25, 0.3) is 11.8 Å². The summed E-state index contributed by atoms with van der Waals surface area (Å²) < 4.78 is 11.3. The van der Waals surface area contributed by atoms with E-state index in [1.165, 1.54) is 18.9 Å². The van der Waals surface area contributed by atoms with E-state index in [0.29, 0.717) is 52.1 Å². The molecule has 8 nitrogen and oxygen atoms in total. The number of benzene rings is 5. The number of methoxy groups -OCH3 is 1. The Labute approximate surface area is 300 Å². The predicted molar refractivity (Wildman–Crippen MR) is 201 cm³/mol. The molecule has 0 fully saturated rings. The van der Waals surface area contributed by atoms with E-state index in [1.54, 1.807) is 66.7 Å². The molecule has 50 heavy (non-hydrogen) atoms. The van der Waals surface area contributed by atoms with Crippen molar-refractivity contribution in [2.24, 2.45) is 0 Å². The van der Waals surface area contributed by atoms with Crippen molar-refractivity contribution in [3.8, 4) is 11.5 Å². The number of rotatable bonds is 14. The Kier molecular flexibility index (Phi) is 12.7. The van der Waals surface area contributed by atoms with Crippen LogP contribution in [0.3, 0.4) is 0 Å². The molecule has 0 heterocycles. The van der Waals surface area contributed by atoms with Crippen LogP contribution in [-0.4, -0.2) is 30.1 Å². The molecule has 5 aromatic carbocycles. The Morgan fingerprint density at radius 2 is 1.54 bits per heavy atom. The first kappa shape index (κ1) is 35.8. The van der Waals surface area contributed by atoms with Crippen LogP contribution in [0.5, 0.6) is 11.5 Å². The predicted octanol–water partition coefficient (Wildman–Crippen LogP) is 8.85. The van der Waals surface area contributed by atoms with Gasteiger partial charge in [-0.2, -0.15) is 0 Å². The largest absolute Gasteiger partial charge is 0.495 e. The van der Waals surface area contributed by atoms with Crippen LogP contribution in [0.15, 0.2) is 138 Å². The Morgan fingerprint density at radius 3 is 2.24 bits per heavy atom. The monoisotopic (exact) mass is 705 g/mol. The van der Waals surface area contributed by atoms with Gasteiger partial charge in [0, 0.05) is 21.2 Å². The topological polar surface area (TPSA) is 106 Å². The van der Waals surface area contributed by atoms with E-state index in [4.69, 9.17) is 21.1 Å². The first-order valence-electron chi connectivity index (χ1n) is 15.9. The van der Waals surface area contributed by atoms with Crippen molar-refractivity contribution in [1.82, 2.24) is 5.32 Å². The number of hydrogen-bond acceptors (Lipinski definition) is 6. The highest BCUT2D eigenvalue weighted by atomic mass is 35.5. The summed E-state index contributed by atoms with van der Waals surface area (Å²) in [7, 11) is 1.53. The molecular weight excluding hydrogens is 670 g/mol. The van der Waals surface area contributed by atoms with Crippen LogP contribution in [0.25, 0.3) is 6.08 Å². The highest BCUT2D eigenvalue weighted by Crippen LogP contribution is 2.32. The van der Waals surface area contributed by atoms with Gasteiger partial charge in [-0.15, -0.1) is 11.8 Å². The third-order valence-corrected chi connectivity index (χ3v) is 9.01. The second-order valence-corrected chi connectivity index (χ2v) is 12.8. The van der Waals surface area contributed by atoms with Crippen molar-refractivity contribution in [2.75, 3.05) is 17.7 Å². The quantitative estimate of drug-likeness (QED) is 0.0788. The van der Waals surface area contributed by atoms with Crippen LogP contribution in [0.1, 0.15) is 34.8 Å². The van der Waals surface area contributed by atoms with Gasteiger partial charge in [0.1, 0.15) is 23.8 Å². The molecule has 0 saturated carbocycles. The van der Waals surface area contributed by atoms with E-state index in [2.05, 4.69) is 16.0 Å². The molecule has 0 aromatic heterocycles. The molecule has 0 bridgehead atoms. The lowest BCUT2D eigenvalue weighted by Gasteiger charge is -2.17. The van der Waals surface area contributed by atoms with Crippen molar-refractivity contribution in [1.29, 1.82) is 0 Å². The first-order chi connectivity index (χ1) is 24.3. The Hall–Kier alpha value is -5.51. The van der Waals surface area contributed by atoms with Crippen LogP contribution >= 0.6 is 23.4 Å². The van der Waals surface area contributed by atoms with Crippen molar-refractivity contribution < 1.29 is 23.9 Å². The van der Waals surface area contributed by atoms with Gasteiger partial charge >= 0.3 is 0 Å². The maximum atomic E-state index is 13.7. The summed E-state index contributed by atoms with van der Waals surface area (Å²) in [6.07, 6.45) is 2.15. The van der Waals surface area contributed by atoms with E-state index in [0.717, 1.165) is 10.5 Å². The molecule has 0 radical (unpaired) electrons. The maximum Gasteiger partial charge on any atom is 0.272 e. The molecule has 254 valence electrons. The number of anilines is 2. The fourth-order valence-corrected chi connectivity index (χ4v) is 6.02. The Bertz CT molecular complexity index is 1950. The fourth-order valence-electron chi connectivity index (χ4n) is 4.83. The number of thioether (sulfide) groups is 1. The summed E-state index contributed by atoms with van der Waals surface area (Å²) in [5, 5.41) is 8.62. The van der Waals surface area contributed by atoms with Crippen LogP contribution in [0.2, 0.25) is 5.02 Å². The summed E-state index contributed by atoms with van der Waals surface area (Å²) in [4.78, 5) is 40.8. The zero-order chi connectivity index (χ0) is 35.3.